The highest BCUT2D eigenvalue weighted by Crippen LogP contribution is 2.28. The summed E-state index contributed by atoms with van der Waals surface area (Å²) in [5.74, 6) is 0.454. The van der Waals surface area contributed by atoms with Crippen molar-refractivity contribution in [3.63, 3.8) is 0 Å². The number of rotatable bonds is 9. The van der Waals surface area contributed by atoms with E-state index in [0.29, 0.717) is 18.0 Å². The summed E-state index contributed by atoms with van der Waals surface area (Å²) in [5.41, 5.74) is 1.93. The Kier molecular flexibility index (Phi) is 8.33. The van der Waals surface area contributed by atoms with Crippen LogP contribution in [0.5, 0.6) is 11.5 Å². The summed E-state index contributed by atoms with van der Waals surface area (Å²) in [4.78, 5) is 25.2. The predicted octanol–water partition coefficient (Wildman–Crippen LogP) is 2.87. The van der Waals surface area contributed by atoms with Gasteiger partial charge in [-0.15, -0.1) is 0 Å². The largest absolute Gasteiger partial charge is 0.493 e. The van der Waals surface area contributed by atoms with Gasteiger partial charge in [0.25, 0.3) is 0 Å². The molecule has 1 atom stereocenters. The number of hydrogen-bond donors (Lipinski definition) is 0. The Labute approximate surface area is 171 Å². The maximum atomic E-state index is 11.7. The number of carbonyl (C=O) groups is 2. The Morgan fingerprint density at radius 3 is 2.48 bits per heavy atom. The molecule has 29 heavy (non-hydrogen) atoms. The normalized spacial score (nSPS) is 15.8. The molecular formula is C22H27NO6. The molecule has 1 aromatic rings. The van der Waals surface area contributed by atoms with Gasteiger partial charge in [-0.1, -0.05) is 12.1 Å². The molecule has 0 aromatic heterocycles. The van der Waals surface area contributed by atoms with Crippen LogP contribution in [0.1, 0.15) is 12.0 Å². The van der Waals surface area contributed by atoms with Gasteiger partial charge in [0.05, 0.1) is 34.9 Å². The SMILES string of the molecule is COC(=O)/C=C/C1=CN(CCc2ccc(OC)c(OC)c2)C=CC1CC(=O)OC. The van der Waals surface area contributed by atoms with Crippen molar-refractivity contribution in [1.82, 2.24) is 4.90 Å². The molecule has 7 heteroatoms. The zero-order valence-corrected chi connectivity index (χ0v) is 17.2. The summed E-state index contributed by atoms with van der Waals surface area (Å²) in [7, 11) is 5.90. The standard InChI is InChI=1S/C22H27NO6/c1-26-19-7-5-16(13-20(19)27-2)9-11-23-12-10-17(14-22(25)29-4)18(15-23)6-8-21(24)28-3/h5-8,10,12-13,15,17H,9,11,14H2,1-4H3/b8-6+. The second-order valence-corrected chi connectivity index (χ2v) is 6.39. The summed E-state index contributed by atoms with van der Waals surface area (Å²) < 4.78 is 20.0. The number of carbonyl (C=O) groups excluding carboxylic acids is 2. The third-order valence-electron chi connectivity index (χ3n) is 4.59. The molecule has 2 rings (SSSR count). The lowest BCUT2D eigenvalue weighted by molar-refractivity contribution is -0.141. The van der Waals surface area contributed by atoms with Crippen molar-refractivity contribution < 1.29 is 28.5 Å². The molecule has 0 saturated carbocycles. The van der Waals surface area contributed by atoms with Crippen LogP contribution in [0.4, 0.5) is 0 Å². The van der Waals surface area contributed by atoms with E-state index in [0.717, 1.165) is 17.6 Å². The summed E-state index contributed by atoms with van der Waals surface area (Å²) in [6.07, 6.45) is 9.79. The van der Waals surface area contributed by atoms with Gasteiger partial charge in [0, 0.05) is 30.9 Å². The van der Waals surface area contributed by atoms with Gasteiger partial charge in [0.15, 0.2) is 11.5 Å². The van der Waals surface area contributed by atoms with Gasteiger partial charge >= 0.3 is 11.9 Å². The zero-order chi connectivity index (χ0) is 21.2. The molecule has 1 aliphatic rings. The fourth-order valence-electron chi connectivity index (χ4n) is 2.94. The average molecular weight is 401 g/mol. The van der Waals surface area contributed by atoms with Crippen LogP contribution in [0.2, 0.25) is 0 Å². The van der Waals surface area contributed by atoms with Gasteiger partial charge in [-0.3, -0.25) is 4.79 Å². The lowest BCUT2D eigenvalue weighted by Crippen LogP contribution is -2.21. The van der Waals surface area contributed by atoms with E-state index in [1.165, 1.54) is 20.3 Å². The van der Waals surface area contributed by atoms with E-state index in [4.69, 9.17) is 14.2 Å². The van der Waals surface area contributed by atoms with Gasteiger partial charge in [0.1, 0.15) is 0 Å². The highest BCUT2D eigenvalue weighted by atomic mass is 16.5. The third-order valence-corrected chi connectivity index (χ3v) is 4.59. The summed E-state index contributed by atoms with van der Waals surface area (Å²) in [5, 5.41) is 0. The number of hydrogen-bond acceptors (Lipinski definition) is 7. The van der Waals surface area contributed by atoms with E-state index in [9.17, 15) is 9.59 Å². The van der Waals surface area contributed by atoms with E-state index in [1.54, 1.807) is 20.3 Å². The van der Waals surface area contributed by atoms with Crippen molar-refractivity contribution in [2.45, 2.75) is 12.8 Å². The van der Waals surface area contributed by atoms with Crippen LogP contribution in [-0.2, 0) is 25.5 Å². The Morgan fingerprint density at radius 2 is 1.83 bits per heavy atom. The maximum absolute atomic E-state index is 11.7. The van der Waals surface area contributed by atoms with Gasteiger partial charge in [-0.25, -0.2) is 4.79 Å². The molecular weight excluding hydrogens is 374 g/mol. The van der Waals surface area contributed by atoms with Crippen LogP contribution in [-0.4, -0.2) is 51.8 Å². The highest BCUT2D eigenvalue weighted by Gasteiger charge is 2.19. The lowest BCUT2D eigenvalue weighted by atomic mass is 9.93. The summed E-state index contributed by atoms with van der Waals surface area (Å²) in [6, 6.07) is 5.83. The quantitative estimate of drug-likeness (QED) is 0.465. The monoisotopic (exact) mass is 401 g/mol. The minimum atomic E-state index is -0.450. The molecule has 1 unspecified atom stereocenters. The summed E-state index contributed by atoms with van der Waals surface area (Å²) in [6.45, 7) is 0.715. The first-order valence-corrected chi connectivity index (χ1v) is 9.20. The first-order chi connectivity index (χ1) is 14.0. The van der Waals surface area contributed by atoms with E-state index < -0.39 is 5.97 Å². The van der Waals surface area contributed by atoms with Crippen LogP contribution in [0, 0.1) is 5.92 Å². The molecule has 7 nitrogen and oxygen atoms in total. The molecule has 1 heterocycles. The molecule has 0 N–H and O–H groups in total. The van der Waals surface area contributed by atoms with Crippen molar-refractivity contribution in [2.24, 2.45) is 5.92 Å². The van der Waals surface area contributed by atoms with Crippen LogP contribution in [0.3, 0.4) is 0 Å². The van der Waals surface area contributed by atoms with E-state index in [2.05, 4.69) is 4.74 Å². The number of allylic oxidation sites excluding steroid dienone is 3. The Hall–Kier alpha value is -3.22. The molecule has 0 saturated heterocycles. The third kappa shape index (κ3) is 6.41. The van der Waals surface area contributed by atoms with Gasteiger partial charge in [-0.05, 0) is 35.8 Å². The van der Waals surface area contributed by atoms with E-state index >= 15 is 0 Å². The maximum Gasteiger partial charge on any atom is 0.330 e. The minimum absolute atomic E-state index is 0.166. The second-order valence-electron chi connectivity index (χ2n) is 6.39. The number of methoxy groups -OCH3 is 4. The first kappa shape index (κ1) is 22.1. The molecule has 0 bridgehead atoms. The fraction of sp³-hybridized carbons (Fsp3) is 0.364. The van der Waals surface area contributed by atoms with Crippen LogP contribution < -0.4 is 9.47 Å². The smallest absolute Gasteiger partial charge is 0.330 e. The topological polar surface area (TPSA) is 74.3 Å². The Bertz CT molecular complexity index is 812. The molecule has 1 aliphatic heterocycles. The average Bonchev–Trinajstić information content (AvgIpc) is 2.76. The van der Waals surface area contributed by atoms with Gasteiger partial charge < -0.3 is 23.8 Å². The Balaban J connectivity index is 2.11. The number of esters is 2. The molecule has 0 amide bonds. The zero-order valence-electron chi connectivity index (χ0n) is 17.2. The van der Waals surface area contributed by atoms with Crippen LogP contribution in [0.15, 0.2) is 54.4 Å². The molecule has 1 aromatic carbocycles. The fourth-order valence-corrected chi connectivity index (χ4v) is 2.94. The van der Waals surface area contributed by atoms with E-state index in [1.807, 2.05) is 41.6 Å². The van der Waals surface area contributed by atoms with Crippen LogP contribution >= 0.6 is 0 Å². The van der Waals surface area contributed by atoms with Crippen LogP contribution in [0.25, 0.3) is 0 Å². The van der Waals surface area contributed by atoms with Crippen molar-refractivity contribution in [2.75, 3.05) is 35.0 Å². The van der Waals surface area contributed by atoms with Crippen molar-refractivity contribution in [3.05, 3.63) is 60.0 Å². The minimum Gasteiger partial charge on any atom is -0.493 e. The molecule has 0 spiro atoms. The van der Waals surface area contributed by atoms with Crippen molar-refractivity contribution in [1.29, 1.82) is 0 Å². The van der Waals surface area contributed by atoms with Crippen molar-refractivity contribution >= 4 is 11.9 Å². The number of ether oxygens (including phenoxy) is 4. The molecule has 0 radical (unpaired) electrons. The molecule has 0 fully saturated rings. The summed E-state index contributed by atoms with van der Waals surface area (Å²) >= 11 is 0. The van der Waals surface area contributed by atoms with Gasteiger partial charge in [0.2, 0.25) is 0 Å². The highest BCUT2D eigenvalue weighted by molar-refractivity contribution is 5.82. The lowest BCUT2D eigenvalue weighted by Gasteiger charge is -2.25. The van der Waals surface area contributed by atoms with E-state index in [-0.39, 0.29) is 18.3 Å². The number of benzene rings is 1. The van der Waals surface area contributed by atoms with Gasteiger partial charge in [-0.2, -0.15) is 0 Å². The van der Waals surface area contributed by atoms with Crippen molar-refractivity contribution in [3.8, 4) is 11.5 Å². The Morgan fingerprint density at radius 1 is 1.07 bits per heavy atom. The number of nitrogens with zero attached hydrogens (tertiary/aromatic N) is 1. The first-order valence-electron chi connectivity index (χ1n) is 9.20. The molecule has 0 aliphatic carbocycles. The second kappa shape index (κ2) is 10.9. The predicted molar refractivity (Wildman–Crippen MR) is 108 cm³/mol. The molecule has 156 valence electrons.